The number of hydrogen-bond donors (Lipinski definition) is 2. The molecule has 2 atom stereocenters. The van der Waals surface area contributed by atoms with Crippen molar-refractivity contribution in [3.63, 3.8) is 0 Å². The van der Waals surface area contributed by atoms with Crippen molar-refractivity contribution in [3.05, 3.63) is 83.1 Å². The number of rotatable bonds is 8. The van der Waals surface area contributed by atoms with Crippen LogP contribution in [0.4, 0.5) is 11.4 Å². The summed E-state index contributed by atoms with van der Waals surface area (Å²) in [4.78, 5) is 13.9. The number of anilines is 2. The van der Waals surface area contributed by atoms with Crippen LogP contribution in [0.1, 0.15) is 49.3 Å². The number of allylic oxidation sites excluding steroid dienone is 1. The lowest BCUT2D eigenvalue weighted by Crippen LogP contribution is -2.27. The Kier molecular flexibility index (Phi) is 7.45. The zero-order chi connectivity index (χ0) is 26.6. The third-order valence-electron chi connectivity index (χ3n) is 7.18. The van der Waals surface area contributed by atoms with Crippen LogP contribution in [0.25, 0.3) is 0 Å². The van der Waals surface area contributed by atoms with Crippen LogP contribution >= 0.6 is 0 Å². The molecule has 38 heavy (non-hydrogen) atoms. The van der Waals surface area contributed by atoms with E-state index in [2.05, 4.69) is 29.7 Å². The van der Waals surface area contributed by atoms with Gasteiger partial charge in [0, 0.05) is 23.3 Å². The van der Waals surface area contributed by atoms with Crippen LogP contribution in [0.5, 0.6) is 23.0 Å². The maximum absolute atomic E-state index is 13.9. The van der Waals surface area contributed by atoms with Gasteiger partial charge in [-0.25, -0.2) is 0 Å². The van der Waals surface area contributed by atoms with Gasteiger partial charge < -0.3 is 29.6 Å². The van der Waals surface area contributed by atoms with Crippen molar-refractivity contribution in [2.45, 2.75) is 38.1 Å². The van der Waals surface area contributed by atoms with Gasteiger partial charge in [0.15, 0.2) is 17.3 Å². The summed E-state index contributed by atoms with van der Waals surface area (Å²) in [6, 6.07) is 19.5. The largest absolute Gasteiger partial charge is 0.494 e. The smallest absolute Gasteiger partial charge is 0.203 e. The first-order valence-electron chi connectivity index (χ1n) is 13.0. The number of carbonyl (C=O) groups is 1. The van der Waals surface area contributed by atoms with Crippen LogP contribution in [0.15, 0.2) is 71.9 Å². The third kappa shape index (κ3) is 4.76. The highest BCUT2D eigenvalue weighted by Gasteiger charge is 2.38. The molecule has 3 aromatic carbocycles. The molecule has 5 rings (SSSR count). The fraction of sp³-hybridized carbons (Fsp3) is 0.323. The first kappa shape index (κ1) is 25.5. The van der Waals surface area contributed by atoms with Crippen molar-refractivity contribution in [2.24, 2.45) is 0 Å². The molecule has 1 heterocycles. The van der Waals surface area contributed by atoms with Gasteiger partial charge in [0.25, 0.3) is 0 Å². The Balaban J connectivity index is 1.58. The van der Waals surface area contributed by atoms with Gasteiger partial charge in [0.2, 0.25) is 5.75 Å². The molecule has 2 N–H and O–H groups in total. The van der Waals surface area contributed by atoms with Crippen LogP contribution in [0, 0.1) is 0 Å². The van der Waals surface area contributed by atoms with Crippen molar-refractivity contribution in [1.82, 2.24) is 0 Å². The van der Waals surface area contributed by atoms with E-state index in [1.54, 1.807) is 21.3 Å². The Morgan fingerprint density at radius 1 is 0.842 bits per heavy atom. The van der Waals surface area contributed by atoms with Crippen LogP contribution in [0.2, 0.25) is 0 Å². The molecule has 0 saturated heterocycles. The Hall–Kier alpha value is -4.13. The van der Waals surface area contributed by atoms with E-state index in [0.717, 1.165) is 40.4 Å². The first-order valence-corrected chi connectivity index (χ1v) is 13.0. The lowest BCUT2D eigenvalue weighted by atomic mass is 9.78. The van der Waals surface area contributed by atoms with E-state index in [9.17, 15) is 4.79 Å². The Bertz CT molecular complexity index is 1350. The Morgan fingerprint density at radius 2 is 1.58 bits per heavy atom. The molecule has 0 saturated carbocycles. The van der Waals surface area contributed by atoms with Crippen LogP contribution in [-0.2, 0) is 4.79 Å². The molecular formula is C31H34N2O5. The summed E-state index contributed by atoms with van der Waals surface area (Å²) < 4.78 is 22.7. The highest BCUT2D eigenvalue weighted by molar-refractivity contribution is 6.01. The van der Waals surface area contributed by atoms with Crippen molar-refractivity contribution in [1.29, 1.82) is 0 Å². The molecule has 0 amide bonds. The zero-order valence-electron chi connectivity index (χ0n) is 22.3. The van der Waals surface area contributed by atoms with Crippen LogP contribution in [0.3, 0.4) is 0 Å². The summed E-state index contributed by atoms with van der Waals surface area (Å²) >= 11 is 0. The van der Waals surface area contributed by atoms with Crippen molar-refractivity contribution < 1.29 is 23.7 Å². The van der Waals surface area contributed by atoms with Crippen molar-refractivity contribution in [3.8, 4) is 23.0 Å². The van der Waals surface area contributed by atoms with Crippen LogP contribution < -0.4 is 29.6 Å². The van der Waals surface area contributed by atoms with Gasteiger partial charge in [-0.3, -0.25) is 4.79 Å². The summed E-state index contributed by atoms with van der Waals surface area (Å²) in [5.41, 5.74) is 5.40. The number of carbonyl (C=O) groups excluding carboxylic acids is 1. The molecule has 1 aliphatic carbocycles. The summed E-state index contributed by atoms with van der Waals surface area (Å²) in [5.74, 6) is 2.60. The zero-order valence-corrected chi connectivity index (χ0v) is 22.3. The van der Waals surface area contributed by atoms with E-state index < -0.39 is 6.04 Å². The molecule has 7 heteroatoms. The van der Waals surface area contributed by atoms with Gasteiger partial charge in [0.05, 0.1) is 45.4 Å². The molecule has 0 aromatic heterocycles. The third-order valence-corrected chi connectivity index (χ3v) is 7.18. The molecule has 0 radical (unpaired) electrons. The van der Waals surface area contributed by atoms with E-state index in [0.29, 0.717) is 42.3 Å². The Labute approximate surface area is 223 Å². The predicted octanol–water partition coefficient (Wildman–Crippen LogP) is 6.48. The molecule has 0 bridgehead atoms. The van der Waals surface area contributed by atoms with Gasteiger partial charge in [-0.1, -0.05) is 31.2 Å². The summed E-state index contributed by atoms with van der Waals surface area (Å²) in [5, 5.41) is 7.21. The summed E-state index contributed by atoms with van der Waals surface area (Å²) in [7, 11) is 4.78. The lowest BCUT2D eigenvalue weighted by Gasteiger charge is -2.31. The molecule has 7 nitrogen and oxygen atoms in total. The normalized spacial score (nSPS) is 18.4. The molecule has 0 fully saturated rings. The average Bonchev–Trinajstić information content (AvgIpc) is 3.12. The monoisotopic (exact) mass is 514 g/mol. The number of para-hydroxylation sites is 2. The van der Waals surface area contributed by atoms with Gasteiger partial charge in [-0.15, -0.1) is 0 Å². The van der Waals surface area contributed by atoms with E-state index in [4.69, 9.17) is 18.9 Å². The minimum Gasteiger partial charge on any atom is -0.494 e. The number of ketones is 1. The second kappa shape index (κ2) is 11.1. The molecule has 198 valence electrons. The van der Waals surface area contributed by atoms with E-state index in [1.165, 1.54) is 0 Å². The topological polar surface area (TPSA) is 78.1 Å². The minimum atomic E-state index is -0.436. The number of benzene rings is 3. The molecule has 1 aliphatic heterocycles. The molecule has 3 aromatic rings. The minimum absolute atomic E-state index is 0.0622. The van der Waals surface area contributed by atoms with Crippen molar-refractivity contribution in [2.75, 3.05) is 38.6 Å². The maximum atomic E-state index is 13.9. The standard InChI is InChI=1S/C31H34N2O5/c1-5-16-38-21-12-10-19(11-13-21)20-17-25-28(26(34)18-20)29(33-24-9-7-6-8-23(24)32-25)22-14-15-27(35-2)31(37-4)30(22)36-3/h6-15,20,29,32-33H,5,16-18H2,1-4H3. The second-order valence-corrected chi connectivity index (χ2v) is 9.51. The van der Waals surface area contributed by atoms with Gasteiger partial charge in [-0.2, -0.15) is 0 Å². The predicted molar refractivity (Wildman–Crippen MR) is 149 cm³/mol. The number of fused-ring (bicyclic) bond motifs is 1. The van der Waals surface area contributed by atoms with Gasteiger partial charge in [-0.05, 0) is 60.7 Å². The van der Waals surface area contributed by atoms with Gasteiger partial charge in [0.1, 0.15) is 5.75 Å². The highest BCUT2D eigenvalue weighted by atomic mass is 16.5. The van der Waals surface area contributed by atoms with Crippen molar-refractivity contribution >= 4 is 17.2 Å². The number of Topliss-reactive ketones (excluding diaryl/α,β-unsaturated/α-hetero) is 1. The van der Waals surface area contributed by atoms with Gasteiger partial charge >= 0.3 is 0 Å². The second-order valence-electron chi connectivity index (χ2n) is 9.51. The molecular weight excluding hydrogens is 480 g/mol. The van der Waals surface area contributed by atoms with E-state index in [1.807, 2.05) is 48.5 Å². The first-order chi connectivity index (χ1) is 18.6. The fourth-order valence-corrected chi connectivity index (χ4v) is 5.37. The molecule has 0 spiro atoms. The number of nitrogens with one attached hydrogen (secondary N) is 2. The number of methoxy groups -OCH3 is 3. The van der Waals surface area contributed by atoms with Crippen LogP contribution in [-0.4, -0.2) is 33.7 Å². The number of hydrogen-bond acceptors (Lipinski definition) is 7. The molecule has 2 aliphatic rings. The fourth-order valence-electron chi connectivity index (χ4n) is 5.37. The highest BCUT2D eigenvalue weighted by Crippen LogP contribution is 2.49. The SMILES string of the molecule is CCCOc1ccc(C2CC(=O)C3=C(C2)Nc2ccccc2NC3c2ccc(OC)c(OC)c2OC)cc1. The lowest BCUT2D eigenvalue weighted by molar-refractivity contribution is -0.116. The molecule has 2 unspecified atom stereocenters. The maximum Gasteiger partial charge on any atom is 0.203 e. The Morgan fingerprint density at radius 3 is 2.26 bits per heavy atom. The average molecular weight is 515 g/mol. The van der Waals surface area contributed by atoms with E-state index >= 15 is 0 Å². The summed E-state index contributed by atoms with van der Waals surface area (Å²) in [6.45, 7) is 2.78. The quantitative estimate of drug-likeness (QED) is 0.356. The number of ether oxygens (including phenoxy) is 4. The summed E-state index contributed by atoms with van der Waals surface area (Å²) in [6.07, 6.45) is 2.08. The van der Waals surface area contributed by atoms with E-state index in [-0.39, 0.29) is 11.7 Å².